The lowest BCUT2D eigenvalue weighted by Gasteiger charge is -2.45. The van der Waals surface area contributed by atoms with E-state index in [2.05, 4.69) is 46.1 Å². The quantitative estimate of drug-likeness (QED) is 0.535. The Morgan fingerprint density at radius 1 is 0.909 bits per heavy atom. The van der Waals surface area contributed by atoms with Crippen LogP contribution in [0.4, 0.5) is 0 Å². The van der Waals surface area contributed by atoms with Crippen molar-refractivity contribution in [2.45, 2.75) is 52.6 Å². The van der Waals surface area contributed by atoms with Crippen molar-refractivity contribution in [3.63, 3.8) is 0 Å². The van der Waals surface area contributed by atoms with Gasteiger partial charge in [0.15, 0.2) is 0 Å². The second kappa shape index (κ2) is 3.41. The molecule has 3 heteroatoms. The molecule has 0 heterocycles. The van der Waals surface area contributed by atoms with Gasteiger partial charge < -0.3 is 4.57 Å². The molecule has 0 saturated heterocycles. The van der Waals surface area contributed by atoms with Crippen molar-refractivity contribution in [3.8, 4) is 0 Å². The van der Waals surface area contributed by atoms with Gasteiger partial charge in [0.2, 0.25) is 0 Å². The van der Waals surface area contributed by atoms with Crippen molar-refractivity contribution in [2.75, 3.05) is 0 Å². The molecule has 1 nitrogen and oxygen atoms in total. The molecule has 0 unspecified atom stereocenters. The average Bonchev–Trinajstić information content (AvgIpc) is 1.56. The van der Waals surface area contributed by atoms with E-state index >= 15 is 0 Å². The van der Waals surface area contributed by atoms with Gasteiger partial charge in [-0.15, -0.1) is 0 Å². The lowest BCUT2D eigenvalue weighted by Crippen LogP contribution is -2.54. The molecule has 0 aromatic carbocycles. The molecule has 0 aromatic rings. The monoisotopic (exact) mass is 189 g/mol. The van der Waals surface area contributed by atoms with Gasteiger partial charge in [0.1, 0.15) is 0 Å². The van der Waals surface area contributed by atoms with E-state index in [9.17, 15) is 0 Å². The molecule has 0 bridgehead atoms. The molecule has 0 fully saturated rings. The number of rotatable bonds is 1. The van der Waals surface area contributed by atoms with Gasteiger partial charge in [-0.1, -0.05) is 0 Å². The fourth-order valence-corrected chi connectivity index (χ4v) is 9.54. The van der Waals surface area contributed by atoms with Gasteiger partial charge in [-0.05, 0) is 41.5 Å². The summed E-state index contributed by atoms with van der Waals surface area (Å²) in [6.07, 6.45) is 0. The van der Waals surface area contributed by atoms with E-state index in [0.29, 0.717) is 11.1 Å². The maximum Gasteiger partial charge on any atom is 0.0769 e. The molecule has 0 rings (SSSR count). The molecule has 0 radical (unpaired) electrons. The Kier molecular flexibility index (Phi) is 3.53. The third kappa shape index (κ3) is 3.53. The smallest absolute Gasteiger partial charge is 0.0769 e. The Hall–Kier alpha value is 0.394. The Morgan fingerprint density at radius 3 is 1.18 bits per heavy atom. The molecule has 0 aliphatic carbocycles. The highest BCUT2D eigenvalue weighted by molar-refractivity contribution is 6.87. The van der Waals surface area contributed by atoms with E-state index < -0.39 is 0 Å². The van der Waals surface area contributed by atoms with Crippen LogP contribution in [0, 0.1) is 0 Å². The van der Waals surface area contributed by atoms with Crippen molar-refractivity contribution >= 4 is 19.0 Å². The highest BCUT2D eigenvalue weighted by Crippen LogP contribution is 2.22. The highest BCUT2D eigenvalue weighted by Gasteiger charge is 2.28. The minimum absolute atomic E-state index is 0.0918. The summed E-state index contributed by atoms with van der Waals surface area (Å²) in [7, 11) is 1.49. The molecular formula is C8H23NSi2. The predicted octanol–water partition coefficient (Wildman–Crippen LogP) is 0.250. The van der Waals surface area contributed by atoms with Crippen molar-refractivity contribution in [1.29, 1.82) is 0 Å². The van der Waals surface area contributed by atoms with Gasteiger partial charge >= 0.3 is 0 Å². The summed E-state index contributed by atoms with van der Waals surface area (Å²) >= 11 is 0. The zero-order chi connectivity index (χ0) is 9.28. The van der Waals surface area contributed by atoms with Crippen LogP contribution >= 0.6 is 0 Å². The zero-order valence-electron chi connectivity index (χ0n) is 9.15. The third-order valence-corrected chi connectivity index (χ3v) is 6.36. The van der Waals surface area contributed by atoms with Gasteiger partial charge in [-0.3, -0.25) is 0 Å². The van der Waals surface area contributed by atoms with Crippen LogP contribution in [0.15, 0.2) is 0 Å². The first-order valence-electron chi connectivity index (χ1n) is 4.47. The van der Waals surface area contributed by atoms with Gasteiger partial charge in [0.05, 0.1) is 9.20 Å². The van der Waals surface area contributed by atoms with Crippen LogP contribution in [0.2, 0.25) is 0 Å². The van der Waals surface area contributed by atoms with E-state index in [1.807, 2.05) is 0 Å². The zero-order valence-corrected chi connectivity index (χ0v) is 12.6. The summed E-state index contributed by atoms with van der Waals surface area (Å²) < 4.78 is 2.70. The molecule has 0 N–H and O–H groups in total. The number of hydrogen-bond donors (Lipinski definition) is 0. The molecule has 68 valence electrons. The third-order valence-electron chi connectivity index (χ3n) is 1.94. The Labute approximate surface area is 76.7 Å². The van der Waals surface area contributed by atoms with Crippen molar-refractivity contribution in [1.82, 2.24) is 4.57 Å². The standard InChI is InChI=1S/C8H23NSi2/c1-7(2,3)9(11-10)8(4,5)6/h11H2,1-6,10H3. The van der Waals surface area contributed by atoms with Crippen molar-refractivity contribution in [3.05, 3.63) is 0 Å². The van der Waals surface area contributed by atoms with E-state index in [4.69, 9.17) is 0 Å². The normalized spacial score (nSPS) is 15.5. The summed E-state index contributed by atoms with van der Waals surface area (Å²) in [6.45, 7) is 13.9. The summed E-state index contributed by atoms with van der Waals surface area (Å²) in [5.41, 5.74) is 0.762. The van der Waals surface area contributed by atoms with Crippen molar-refractivity contribution < 1.29 is 0 Å². The molecule has 0 saturated carbocycles. The summed E-state index contributed by atoms with van der Waals surface area (Å²) in [5, 5.41) is 0. The van der Waals surface area contributed by atoms with Gasteiger partial charge in [-0.2, -0.15) is 0 Å². The Bertz CT molecular complexity index is 107. The van der Waals surface area contributed by atoms with E-state index in [1.54, 1.807) is 0 Å². The topological polar surface area (TPSA) is 3.24 Å². The van der Waals surface area contributed by atoms with Crippen LogP contribution in [0.25, 0.3) is 0 Å². The lowest BCUT2D eigenvalue weighted by atomic mass is 10.0. The van der Waals surface area contributed by atoms with E-state index in [0.717, 1.165) is 0 Å². The lowest BCUT2D eigenvalue weighted by molar-refractivity contribution is 0.142. The molecule has 0 aromatic heterocycles. The Balaban J connectivity index is 4.43. The first-order valence-corrected chi connectivity index (χ1v) is 10.8. The number of hydrogen-bond acceptors (Lipinski definition) is 1. The molecule has 0 aliphatic rings. The molecule has 0 spiro atoms. The van der Waals surface area contributed by atoms with E-state index in [1.165, 1.54) is 9.76 Å². The summed E-state index contributed by atoms with van der Waals surface area (Å²) in [6, 6.07) is 0. The largest absolute Gasteiger partial charge is 0.323 e. The molecular weight excluding hydrogens is 166 g/mol. The number of nitrogens with zero attached hydrogens (tertiary/aromatic N) is 1. The van der Waals surface area contributed by atoms with Crippen LogP contribution in [0.5, 0.6) is 0 Å². The fourth-order valence-electron chi connectivity index (χ4n) is 1.95. The summed E-state index contributed by atoms with van der Waals surface area (Å²) in [4.78, 5) is 0. The van der Waals surface area contributed by atoms with Gasteiger partial charge in [0, 0.05) is 20.8 Å². The fraction of sp³-hybridized carbons (Fsp3) is 1.00. The molecule has 0 aliphatic heterocycles. The van der Waals surface area contributed by atoms with Gasteiger partial charge in [-0.25, -0.2) is 0 Å². The van der Waals surface area contributed by atoms with Crippen LogP contribution < -0.4 is 0 Å². The molecule has 11 heavy (non-hydrogen) atoms. The van der Waals surface area contributed by atoms with Gasteiger partial charge in [0.25, 0.3) is 0 Å². The Morgan fingerprint density at radius 2 is 1.18 bits per heavy atom. The first kappa shape index (κ1) is 11.4. The maximum atomic E-state index is 2.70. The second-order valence-electron chi connectivity index (χ2n) is 5.09. The van der Waals surface area contributed by atoms with Crippen molar-refractivity contribution in [2.24, 2.45) is 0 Å². The van der Waals surface area contributed by atoms with Crippen LogP contribution in [0.3, 0.4) is 0 Å². The SMILES string of the molecule is CC(C)(C)N([SiH2][SiH3])C(C)(C)C. The minimum atomic E-state index is 0.0918. The minimum Gasteiger partial charge on any atom is -0.323 e. The van der Waals surface area contributed by atoms with Crippen LogP contribution in [-0.4, -0.2) is 34.6 Å². The van der Waals surface area contributed by atoms with Crippen LogP contribution in [0.1, 0.15) is 41.5 Å². The average molecular weight is 189 g/mol. The molecule has 0 atom stereocenters. The maximum absolute atomic E-state index is 2.70. The molecule has 0 amide bonds. The summed E-state index contributed by atoms with van der Waals surface area (Å²) in [5.74, 6) is 0. The van der Waals surface area contributed by atoms with E-state index in [-0.39, 0.29) is 9.20 Å². The first-order chi connectivity index (χ1) is 4.69. The second-order valence-corrected chi connectivity index (χ2v) is 8.25. The predicted molar refractivity (Wildman–Crippen MR) is 59.8 cm³/mol. The highest BCUT2D eigenvalue weighted by atomic mass is 29.1. The van der Waals surface area contributed by atoms with Crippen LogP contribution in [-0.2, 0) is 0 Å².